The second-order valence-corrected chi connectivity index (χ2v) is 7.83. The zero-order valence-corrected chi connectivity index (χ0v) is 13.9. The molecule has 3 nitrogen and oxygen atoms in total. The molecule has 1 aromatic rings. The van der Waals surface area contributed by atoms with Gasteiger partial charge in [0.1, 0.15) is 5.75 Å². The molecule has 1 aromatic carbocycles. The lowest BCUT2D eigenvalue weighted by Gasteiger charge is -2.53. The van der Waals surface area contributed by atoms with Crippen LogP contribution in [0.15, 0.2) is 24.3 Å². The lowest BCUT2D eigenvalue weighted by Crippen LogP contribution is -2.50. The number of halogens is 3. The van der Waals surface area contributed by atoms with Gasteiger partial charge in [0.25, 0.3) is 0 Å². The van der Waals surface area contributed by atoms with Crippen molar-refractivity contribution in [3.05, 3.63) is 29.8 Å². The molecule has 4 bridgehead atoms. The van der Waals surface area contributed by atoms with Crippen LogP contribution in [0.4, 0.5) is 13.2 Å². The van der Waals surface area contributed by atoms with E-state index >= 15 is 0 Å². The summed E-state index contributed by atoms with van der Waals surface area (Å²) in [5.41, 5.74) is 0.344. The molecular formula is C19H22F3NO2. The third-order valence-corrected chi connectivity index (χ3v) is 6.18. The van der Waals surface area contributed by atoms with Crippen LogP contribution in [0.5, 0.6) is 5.75 Å². The third kappa shape index (κ3) is 3.48. The summed E-state index contributed by atoms with van der Waals surface area (Å²) in [4.78, 5) is 12.7. The van der Waals surface area contributed by atoms with Crippen LogP contribution in [-0.2, 0) is 11.3 Å². The Morgan fingerprint density at radius 3 is 2.24 bits per heavy atom. The number of amides is 1. The van der Waals surface area contributed by atoms with Gasteiger partial charge < -0.3 is 10.1 Å². The van der Waals surface area contributed by atoms with Gasteiger partial charge in [-0.25, -0.2) is 0 Å². The normalized spacial score (nSPS) is 33.3. The van der Waals surface area contributed by atoms with Crippen molar-refractivity contribution in [1.29, 1.82) is 0 Å². The minimum atomic E-state index is -4.73. The van der Waals surface area contributed by atoms with Crippen molar-refractivity contribution in [2.75, 3.05) is 0 Å². The van der Waals surface area contributed by atoms with Gasteiger partial charge in [0.05, 0.1) is 0 Å². The predicted molar refractivity (Wildman–Crippen MR) is 85.5 cm³/mol. The van der Waals surface area contributed by atoms with Gasteiger partial charge in [0.2, 0.25) is 5.91 Å². The van der Waals surface area contributed by atoms with E-state index in [9.17, 15) is 18.0 Å². The highest BCUT2D eigenvalue weighted by Crippen LogP contribution is 2.56. The Kier molecular flexibility index (Phi) is 4.16. The molecule has 1 amide bonds. The second-order valence-electron chi connectivity index (χ2n) is 7.83. The van der Waals surface area contributed by atoms with Gasteiger partial charge in [-0.05, 0) is 61.8 Å². The zero-order valence-electron chi connectivity index (χ0n) is 13.9. The minimum Gasteiger partial charge on any atom is -0.405 e. The van der Waals surface area contributed by atoms with Crippen LogP contribution in [-0.4, -0.2) is 12.3 Å². The van der Waals surface area contributed by atoms with E-state index in [-0.39, 0.29) is 24.1 Å². The molecule has 0 unspecified atom stereocenters. The smallest absolute Gasteiger partial charge is 0.405 e. The van der Waals surface area contributed by atoms with Gasteiger partial charge in [-0.15, -0.1) is 13.2 Å². The van der Waals surface area contributed by atoms with Gasteiger partial charge in [-0.1, -0.05) is 18.2 Å². The molecule has 0 aliphatic heterocycles. The molecule has 0 saturated heterocycles. The first-order chi connectivity index (χ1) is 11.9. The first kappa shape index (κ1) is 16.7. The van der Waals surface area contributed by atoms with Crippen molar-refractivity contribution >= 4 is 5.91 Å². The number of carbonyl (C=O) groups excluding carboxylic acids is 1. The molecule has 25 heavy (non-hydrogen) atoms. The van der Waals surface area contributed by atoms with E-state index in [4.69, 9.17) is 0 Å². The monoisotopic (exact) mass is 353 g/mol. The van der Waals surface area contributed by atoms with Crippen LogP contribution in [0.1, 0.15) is 37.7 Å². The first-order valence-corrected chi connectivity index (χ1v) is 9.00. The average Bonchev–Trinajstić information content (AvgIpc) is 2.51. The molecule has 0 heterocycles. The Balaban J connectivity index is 1.41. The van der Waals surface area contributed by atoms with Crippen LogP contribution in [0.2, 0.25) is 0 Å². The Labute approximate surface area is 144 Å². The summed E-state index contributed by atoms with van der Waals surface area (Å²) >= 11 is 0. The number of alkyl halides is 3. The Morgan fingerprint density at radius 1 is 1.04 bits per heavy atom. The van der Waals surface area contributed by atoms with Gasteiger partial charge in [0.15, 0.2) is 0 Å². The number of para-hydroxylation sites is 1. The molecule has 4 aliphatic rings. The number of nitrogens with one attached hydrogen (secondary N) is 1. The lowest BCUT2D eigenvalue weighted by molar-refractivity contribution is -0.274. The van der Waals surface area contributed by atoms with E-state index in [1.807, 2.05) is 0 Å². The molecular weight excluding hydrogens is 331 g/mol. The summed E-state index contributed by atoms with van der Waals surface area (Å²) in [5, 5.41) is 2.87. The summed E-state index contributed by atoms with van der Waals surface area (Å²) in [6.07, 6.45) is 1.14. The average molecular weight is 353 g/mol. The number of ether oxygens (including phenoxy) is 1. The summed E-state index contributed by atoms with van der Waals surface area (Å²) in [7, 11) is 0. The summed E-state index contributed by atoms with van der Waals surface area (Å²) < 4.78 is 41.5. The van der Waals surface area contributed by atoms with Crippen LogP contribution in [0.25, 0.3) is 0 Å². The first-order valence-electron chi connectivity index (χ1n) is 9.00. The summed E-state index contributed by atoms with van der Waals surface area (Å²) in [6.45, 7) is 0.0634. The molecule has 0 aromatic heterocycles. The maximum atomic E-state index is 12.7. The molecule has 4 fully saturated rings. The van der Waals surface area contributed by atoms with Gasteiger partial charge in [-0.2, -0.15) is 0 Å². The predicted octanol–water partition coefficient (Wildman–Crippen LogP) is 4.27. The fourth-order valence-electron chi connectivity index (χ4n) is 5.53. The molecule has 4 saturated carbocycles. The molecule has 0 radical (unpaired) electrons. The number of hydrogen-bond donors (Lipinski definition) is 1. The highest BCUT2D eigenvalue weighted by Gasteiger charge is 2.50. The molecule has 136 valence electrons. The van der Waals surface area contributed by atoms with Gasteiger partial charge >= 0.3 is 6.36 Å². The highest BCUT2D eigenvalue weighted by molar-refractivity contribution is 5.79. The van der Waals surface area contributed by atoms with Crippen molar-refractivity contribution in [2.45, 2.75) is 45.0 Å². The van der Waals surface area contributed by atoms with E-state index in [2.05, 4.69) is 10.1 Å². The second kappa shape index (κ2) is 6.22. The van der Waals surface area contributed by atoms with Crippen molar-refractivity contribution in [3.63, 3.8) is 0 Å². The van der Waals surface area contributed by atoms with Crippen molar-refractivity contribution in [3.8, 4) is 5.75 Å². The van der Waals surface area contributed by atoms with Crippen LogP contribution in [0.3, 0.4) is 0 Å². The Morgan fingerprint density at radius 2 is 1.64 bits per heavy atom. The molecule has 4 aliphatic carbocycles. The van der Waals surface area contributed by atoms with Crippen molar-refractivity contribution in [2.24, 2.45) is 29.6 Å². The van der Waals surface area contributed by atoms with E-state index in [1.54, 1.807) is 12.1 Å². The van der Waals surface area contributed by atoms with Gasteiger partial charge in [0, 0.05) is 18.0 Å². The molecule has 0 atom stereocenters. The van der Waals surface area contributed by atoms with Crippen molar-refractivity contribution < 1.29 is 22.7 Å². The summed E-state index contributed by atoms with van der Waals surface area (Å²) in [5.74, 6) is 2.26. The fraction of sp³-hybridized carbons (Fsp3) is 0.632. The van der Waals surface area contributed by atoms with Gasteiger partial charge in [-0.3, -0.25) is 4.79 Å². The van der Waals surface area contributed by atoms with E-state index in [0.29, 0.717) is 17.4 Å². The van der Waals surface area contributed by atoms with Crippen molar-refractivity contribution in [1.82, 2.24) is 5.32 Å². The highest BCUT2D eigenvalue weighted by atomic mass is 19.4. The van der Waals surface area contributed by atoms with E-state index < -0.39 is 6.36 Å². The Bertz CT molecular complexity index is 630. The van der Waals surface area contributed by atoms with Crippen LogP contribution >= 0.6 is 0 Å². The maximum absolute atomic E-state index is 12.7. The number of hydrogen-bond acceptors (Lipinski definition) is 2. The fourth-order valence-corrected chi connectivity index (χ4v) is 5.53. The molecule has 0 spiro atoms. The quantitative estimate of drug-likeness (QED) is 0.878. The largest absolute Gasteiger partial charge is 0.573 e. The molecule has 5 rings (SSSR count). The summed E-state index contributed by atoms with van der Waals surface area (Å²) in [6, 6.07) is 5.97. The Hall–Kier alpha value is -1.72. The third-order valence-electron chi connectivity index (χ3n) is 6.18. The number of carbonyl (C=O) groups is 1. The number of rotatable bonds is 4. The SMILES string of the molecule is O=C(NCc1ccccc1OC(F)(F)F)C1C2CC3CC(C2)CC1C3. The lowest BCUT2D eigenvalue weighted by atomic mass is 9.51. The van der Waals surface area contributed by atoms with Crippen LogP contribution < -0.4 is 10.1 Å². The van der Waals surface area contributed by atoms with E-state index in [1.165, 1.54) is 18.6 Å². The van der Waals surface area contributed by atoms with E-state index in [0.717, 1.165) is 37.5 Å². The minimum absolute atomic E-state index is 0.00406. The molecule has 1 N–H and O–H groups in total. The zero-order chi connectivity index (χ0) is 17.6. The van der Waals surface area contributed by atoms with Crippen LogP contribution in [0, 0.1) is 29.6 Å². The maximum Gasteiger partial charge on any atom is 0.573 e. The standard InChI is InChI=1S/C19H22F3NO2/c20-19(21,22)25-16-4-2-1-3-13(16)10-23-18(24)17-14-6-11-5-12(8-14)9-15(17)7-11/h1-4,11-12,14-15,17H,5-10H2,(H,23,24). The number of benzene rings is 1. The topological polar surface area (TPSA) is 38.3 Å². The molecule has 6 heteroatoms.